The molecule has 136 valence electrons. The molecule has 2 amide bonds. The molecule has 2 N–H and O–H groups in total. The number of carbonyl (C=O) groups is 2. The zero-order chi connectivity index (χ0) is 19.1. The number of benzene rings is 3. The van der Waals surface area contributed by atoms with E-state index in [2.05, 4.69) is 10.6 Å². The lowest BCUT2D eigenvalue weighted by Gasteiger charge is -2.07. The van der Waals surface area contributed by atoms with Crippen molar-refractivity contribution in [3.63, 3.8) is 0 Å². The number of anilines is 1. The van der Waals surface area contributed by atoms with Crippen LogP contribution < -0.4 is 10.6 Å². The van der Waals surface area contributed by atoms with Gasteiger partial charge in [-0.05, 0) is 47.0 Å². The topological polar surface area (TPSA) is 58.2 Å². The number of nitrogens with one attached hydrogen (secondary N) is 2. The highest BCUT2D eigenvalue weighted by atomic mass is 16.2. The highest BCUT2D eigenvalue weighted by Gasteiger charge is 2.06. The van der Waals surface area contributed by atoms with E-state index in [4.69, 9.17) is 0 Å². The largest absolute Gasteiger partial charge is 0.352 e. The summed E-state index contributed by atoms with van der Waals surface area (Å²) in [5.41, 5.74) is 2.10. The first-order valence-corrected chi connectivity index (χ1v) is 9.02. The van der Waals surface area contributed by atoms with E-state index in [9.17, 15) is 9.59 Å². The van der Waals surface area contributed by atoms with Gasteiger partial charge in [-0.3, -0.25) is 9.59 Å². The third kappa shape index (κ3) is 4.82. The molecule has 0 aliphatic carbocycles. The maximum atomic E-state index is 12.3. The van der Waals surface area contributed by atoms with Crippen LogP contribution >= 0.6 is 0 Å². The predicted octanol–water partition coefficient (Wildman–Crippen LogP) is 4.63. The van der Waals surface area contributed by atoms with Crippen LogP contribution in [-0.4, -0.2) is 18.4 Å². The first-order valence-electron chi connectivity index (χ1n) is 9.02. The van der Waals surface area contributed by atoms with Crippen molar-refractivity contribution in [3.05, 3.63) is 83.9 Å². The van der Waals surface area contributed by atoms with Crippen LogP contribution in [0.1, 0.15) is 29.3 Å². The van der Waals surface area contributed by atoms with Crippen LogP contribution in [-0.2, 0) is 4.79 Å². The Bertz CT molecular complexity index is 987. The molecule has 0 saturated heterocycles. The molecule has 0 aromatic heterocycles. The Kier molecular flexibility index (Phi) is 6.00. The molecular formula is C23H22N2O2. The van der Waals surface area contributed by atoms with Gasteiger partial charge in [0.05, 0.1) is 0 Å². The van der Waals surface area contributed by atoms with E-state index in [-0.39, 0.29) is 11.8 Å². The minimum absolute atomic E-state index is 0.140. The van der Waals surface area contributed by atoms with Crippen LogP contribution in [0.4, 0.5) is 5.69 Å². The standard InChI is InChI=1S/C23H22N2O2/c1-2-15-24-23(27)19-10-6-11-20(16-19)25-22(26)14-13-18-9-5-8-17-7-3-4-12-21(17)18/h3-14,16H,2,15H2,1H3,(H,24,27)(H,25,26)/b14-13+. The molecule has 0 spiro atoms. The summed E-state index contributed by atoms with van der Waals surface area (Å²) in [6.45, 7) is 2.63. The summed E-state index contributed by atoms with van der Waals surface area (Å²) < 4.78 is 0. The molecule has 4 nitrogen and oxygen atoms in total. The Morgan fingerprint density at radius 3 is 2.59 bits per heavy atom. The minimum Gasteiger partial charge on any atom is -0.352 e. The van der Waals surface area contributed by atoms with Crippen molar-refractivity contribution in [2.24, 2.45) is 0 Å². The highest BCUT2D eigenvalue weighted by molar-refractivity contribution is 6.04. The SMILES string of the molecule is CCCNC(=O)c1cccc(NC(=O)/C=C/c2cccc3ccccc23)c1. The van der Waals surface area contributed by atoms with E-state index in [0.717, 1.165) is 22.8 Å². The smallest absolute Gasteiger partial charge is 0.251 e. The van der Waals surface area contributed by atoms with Crippen LogP contribution in [0.15, 0.2) is 72.8 Å². The number of hydrogen-bond acceptors (Lipinski definition) is 2. The lowest BCUT2D eigenvalue weighted by atomic mass is 10.0. The van der Waals surface area contributed by atoms with Gasteiger partial charge < -0.3 is 10.6 Å². The molecule has 0 unspecified atom stereocenters. The zero-order valence-electron chi connectivity index (χ0n) is 15.2. The molecule has 0 bridgehead atoms. The van der Waals surface area contributed by atoms with Gasteiger partial charge in [-0.25, -0.2) is 0 Å². The van der Waals surface area contributed by atoms with Crippen molar-refractivity contribution in [2.45, 2.75) is 13.3 Å². The van der Waals surface area contributed by atoms with E-state index in [1.165, 1.54) is 6.08 Å². The number of amides is 2. The second kappa shape index (κ2) is 8.81. The summed E-state index contributed by atoms with van der Waals surface area (Å²) in [5, 5.41) is 7.86. The van der Waals surface area contributed by atoms with Gasteiger partial charge in [-0.15, -0.1) is 0 Å². The van der Waals surface area contributed by atoms with Crippen LogP contribution in [0.5, 0.6) is 0 Å². The monoisotopic (exact) mass is 358 g/mol. The van der Waals surface area contributed by atoms with Crippen LogP contribution in [0, 0.1) is 0 Å². The van der Waals surface area contributed by atoms with Gasteiger partial charge in [0.2, 0.25) is 5.91 Å². The van der Waals surface area contributed by atoms with Gasteiger partial charge in [0.15, 0.2) is 0 Å². The maximum absolute atomic E-state index is 12.3. The molecule has 0 fully saturated rings. The van der Waals surface area contributed by atoms with Crippen molar-refractivity contribution < 1.29 is 9.59 Å². The predicted molar refractivity (Wildman–Crippen MR) is 111 cm³/mol. The minimum atomic E-state index is -0.242. The van der Waals surface area contributed by atoms with Crippen molar-refractivity contribution in [3.8, 4) is 0 Å². The molecule has 0 aliphatic rings. The van der Waals surface area contributed by atoms with E-state index in [1.54, 1.807) is 30.3 Å². The van der Waals surface area contributed by atoms with Crippen molar-refractivity contribution in [1.82, 2.24) is 5.32 Å². The molecule has 0 heterocycles. The second-order valence-electron chi connectivity index (χ2n) is 6.23. The summed E-state index contributed by atoms with van der Waals surface area (Å²) >= 11 is 0. The lowest BCUT2D eigenvalue weighted by molar-refractivity contribution is -0.111. The zero-order valence-corrected chi connectivity index (χ0v) is 15.2. The molecule has 4 heteroatoms. The molecule has 0 saturated carbocycles. The molecule has 3 rings (SSSR count). The molecular weight excluding hydrogens is 336 g/mol. The average molecular weight is 358 g/mol. The number of rotatable bonds is 6. The van der Waals surface area contributed by atoms with Crippen LogP contribution in [0.25, 0.3) is 16.8 Å². The summed E-state index contributed by atoms with van der Waals surface area (Å²) in [7, 11) is 0. The third-order valence-corrected chi connectivity index (χ3v) is 4.17. The van der Waals surface area contributed by atoms with Gasteiger partial charge in [0.25, 0.3) is 5.91 Å². The summed E-state index contributed by atoms with van der Waals surface area (Å²) in [4.78, 5) is 24.3. The van der Waals surface area contributed by atoms with Crippen molar-refractivity contribution in [2.75, 3.05) is 11.9 Å². The first kappa shape index (κ1) is 18.4. The Hall–Kier alpha value is -3.40. The maximum Gasteiger partial charge on any atom is 0.251 e. The summed E-state index contributed by atoms with van der Waals surface area (Å²) in [6, 6.07) is 21.0. The molecule has 27 heavy (non-hydrogen) atoms. The Labute approximate surface area is 158 Å². The average Bonchev–Trinajstić information content (AvgIpc) is 2.70. The fourth-order valence-corrected chi connectivity index (χ4v) is 2.82. The van der Waals surface area contributed by atoms with Gasteiger partial charge in [-0.1, -0.05) is 55.5 Å². The molecule has 3 aromatic rings. The Morgan fingerprint density at radius 1 is 0.963 bits per heavy atom. The van der Waals surface area contributed by atoms with Gasteiger partial charge >= 0.3 is 0 Å². The van der Waals surface area contributed by atoms with Crippen LogP contribution in [0.2, 0.25) is 0 Å². The second-order valence-corrected chi connectivity index (χ2v) is 6.23. The van der Waals surface area contributed by atoms with Crippen molar-refractivity contribution >= 4 is 34.4 Å². The first-order chi connectivity index (χ1) is 13.2. The normalized spacial score (nSPS) is 10.9. The molecule has 3 aromatic carbocycles. The van der Waals surface area contributed by atoms with E-state index >= 15 is 0 Å². The fraction of sp³-hybridized carbons (Fsp3) is 0.130. The Balaban J connectivity index is 1.70. The third-order valence-electron chi connectivity index (χ3n) is 4.17. The number of fused-ring (bicyclic) bond motifs is 1. The Morgan fingerprint density at radius 2 is 1.74 bits per heavy atom. The van der Waals surface area contributed by atoms with Crippen molar-refractivity contribution in [1.29, 1.82) is 0 Å². The van der Waals surface area contributed by atoms with Gasteiger partial charge in [-0.2, -0.15) is 0 Å². The van der Waals surface area contributed by atoms with E-state index < -0.39 is 0 Å². The quantitative estimate of drug-likeness (QED) is 0.631. The molecule has 0 aliphatic heterocycles. The van der Waals surface area contributed by atoms with Gasteiger partial charge in [0.1, 0.15) is 0 Å². The fourth-order valence-electron chi connectivity index (χ4n) is 2.82. The van der Waals surface area contributed by atoms with E-state index in [1.807, 2.05) is 49.4 Å². The van der Waals surface area contributed by atoms with E-state index in [0.29, 0.717) is 17.8 Å². The summed E-state index contributed by atoms with van der Waals surface area (Å²) in [6.07, 6.45) is 4.18. The highest BCUT2D eigenvalue weighted by Crippen LogP contribution is 2.19. The molecule has 0 radical (unpaired) electrons. The number of carbonyl (C=O) groups excluding carboxylic acids is 2. The van der Waals surface area contributed by atoms with Gasteiger partial charge in [0, 0.05) is 23.9 Å². The number of hydrogen-bond donors (Lipinski definition) is 2. The summed E-state index contributed by atoms with van der Waals surface area (Å²) in [5.74, 6) is -0.381. The molecule has 0 atom stereocenters. The lowest BCUT2D eigenvalue weighted by Crippen LogP contribution is -2.24. The van der Waals surface area contributed by atoms with Crippen LogP contribution in [0.3, 0.4) is 0 Å².